The van der Waals surface area contributed by atoms with Crippen LogP contribution in [0.4, 0.5) is 0 Å². The molecule has 8 heteroatoms. The first-order valence-corrected chi connectivity index (χ1v) is 10.9. The SMILES string of the molecule is Cc1ccc(Cl)cc1S(=O)(=O)N1CCC(c2nc3cc(Cl)ccc3o2)CC1. The van der Waals surface area contributed by atoms with E-state index >= 15 is 0 Å². The van der Waals surface area contributed by atoms with Gasteiger partial charge in [-0.1, -0.05) is 29.3 Å². The smallest absolute Gasteiger partial charge is 0.243 e. The summed E-state index contributed by atoms with van der Waals surface area (Å²) < 4.78 is 33.4. The van der Waals surface area contributed by atoms with Crippen LogP contribution in [0.5, 0.6) is 0 Å². The molecule has 5 nitrogen and oxygen atoms in total. The van der Waals surface area contributed by atoms with Crippen molar-refractivity contribution in [1.82, 2.24) is 9.29 Å². The minimum Gasteiger partial charge on any atom is -0.440 e. The molecule has 1 aromatic heterocycles. The van der Waals surface area contributed by atoms with Gasteiger partial charge in [-0.05, 0) is 55.7 Å². The van der Waals surface area contributed by atoms with Crippen LogP contribution in [-0.2, 0) is 10.0 Å². The van der Waals surface area contributed by atoms with Gasteiger partial charge < -0.3 is 4.42 Å². The van der Waals surface area contributed by atoms with Gasteiger partial charge in [0.1, 0.15) is 5.52 Å². The molecule has 0 atom stereocenters. The Morgan fingerprint density at radius 3 is 2.48 bits per heavy atom. The van der Waals surface area contributed by atoms with Gasteiger partial charge in [-0.15, -0.1) is 0 Å². The Morgan fingerprint density at radius 1 is 1.07 bits per heavy atom. The van der Waals surface area contributed by atoms with Gasteiger partial charge >= 0.3 is 0 Å². The van der Waals surface area contributed by atoms with E-state index in [9.17, 15) is 8.42 Å². The molecule has 3 aromatic rings. The lowest BCUT2D eigenvalue weighted by atomic mass is 9.98. The van der Waals surface area contributed by atoms with Crippen molar-refractivity contribution in [2.24, 2.45) is 0 Å². The zero-order chi connectivity index (χ0) is 19.2. The van der Waals surface area contributed by atoms with Gasteiger partial charge in [-0.3, -0.25) is 0 Å². The number of hydrogen-bond donors (Lipinski definition) is 0. The van der Waals surface area contributed by atoms with Crippen LogP contribution in [0, 0.1) is 6.92 Å². The van der Waals surface area contributed by atoms with Gasteiger partial charge in [-0.2, -0.15) is 4.31 Å². The third-order valence-electron chi connectivity index (χ3n) is 4.94. The van der Waals surface area contributed by atoms with E-state index < -0.39 is 10.0 Å². The van der Waals surface area contributed by atoms with E-state index in [0.717, 1.165) is 5.52 Å². The summed E-state index contributed by atoms with van der Waals surface area (Å²) in [5.74, 6) is 0.728. The highest BCUT2D eigenvalue weighted by atomic mass is 35.5. The Balaban J connectivity index is 1.53. The Hall–Kier alpha value is -1.60. The van der Waals surface area contributed by atoms with Crippen LogP contribution in [-0.4, -0.2) is 30.8 Å². The number of nitrogens with zero attached hydrogens (tertiary/aromatic N) is 2. The summed E-state index contributed by atoms with van der Waals surface area (Å²) in [6.45, 7) is 2.61. The molecule has 4 rings (SSSR count). The van der Waals surface area contributed by atoms with E-state index in [1.54, 1.807) is 37.3 Å². The maximum absolute atomic E-state index is 13.0. The molecule has 27 heavy (non-hydrogen) atoms. The molecule has 1 fully saturated rings. The fraction of sp³-hybridized carbons (Fsp3) is 0.316. The average molecular weight is 425 g/mol. The zero-order valence-electron chi connectivity index (χ0n) is 14.7. The molecular formula is C19H18Cl2N2O3S. The zero-order valence-corrected chi connectivity index (χ0v) is 17.0. The Kier molecular flexibility index (Phi) is 4.93. The van der Waals surface area contributed by atoms with Gasteiger partial charge in [0.2, 0.25) is 10.0 Å². The van der Waals surface area contributed by atoms with Gasteiger partial charge in [0.25, 0.3) is 0 Å². The predicted octanol–water partition coefficient (Wildman–Crippen LogP) is 5.01. The Bertz CT molecular complexity index is 1100. The van der Waals surface area contributed by atoms with Gasteiger partial charge in [-0.25, -0.2) is 13.4 Å². The summed E-state index contributed by atoms with van der Waals surface area (Å²) in [6.07, 6.45) is 1.30. The maximum atomic E-state index is 13.0. The summed E-state index contributed by atoms with van der Waals surface area (Å²) >= 11 is 12.0. The van der Waals surface area contributed by atoms with Crippen molar-refractivity contribution in [2.45, 2.75) is 30.6 Å². The Morgan fingerprint density at radius 2 is 1.74 bits per heavy atom. The standard InChI is InChI=1S/C19H18Cl2N2O3S/c1-12-2-3-15(21)11-18(12)27(24,25)23-8-6-13(7-9-23)19-22-16-10-14(20)4-5-17(16)26-19/h2-5,10-11,13H,6-9H2,1H3. The van der Waals surface area contributed by atoms with Crippen molar-refractivity contribution < 1.29 is 12.8 Å². The van der Waals surface area contributed by atoms with Crippen LogP contribution in [0.2, 0.25) is 10.0 Å². The van der Waals surface area contributed by atoms with E-state index in [1.165, 1.54) is 10.4 Å². The minimum absolute atomic E-state index is 0.0862. The van der Waals surface area contributed by atoms with E-state index in [0.29, 0.717) is 53.0 Å². The van der Waals surface area contributed by atoms with Crippen molar-refractivity contribution in [1.29, 1.82) is 0 Å². The molecule has 1 aliphatic rings. The molecule has 0 bridgehead atoms. The van der Waals surface area contributed by atoms with Gasteiger partial charge in [0.15, 0.2) is 11.5 Å². The van der Waals surface area contributed by atoms with Crippen LogP contribution >= 0.6 is 23.2 Å². The molecule has 0 amide bonds. The van der Waals surface area contributed by atoms with Crippen LogP contribution in [0.1, 0.15) is 30.2 Å². The molecule has 0 spiro atoms. The first kappa shape index (κ1) is 18.7. The third-order valence-corrected chi connectivity index (χ3v) is 7.45. The third kappa shape index (κ3) is 3.59. The monoisotopic (exact) mass is 424 g/mol. The minimum atomic E-state index is -3.57. The average Bonchev–Trinajstić information content (AvgIpc) is 3.07. The summed E-state index contributed by atoms with van der Waals surface area (Å²) in [5, 5.41) is 1.03. The molecule has 0 saturated carbocycles. The largest absolute Gasteiger partial charge is 0.440 e. The molecule has 2 aromatic carbocycles. The molecule has 0 aliphatic carbocycles. The number of benzene rings is 2. The summed E-state index contributed by atoms with van der Waals surface area (Å²) in [6, 6.07) is 10.3. The summed E-state index contributed by atoms with van der Waals surface area (Å²) in [7, 11) is -3.57. The van der Waals surface area contributed by atoms with E-state index in [1.807, 2.05) is 0 Å². The Labute approximate surface area is 167 Å². The number of hydrogen-bond acceptors (Lipinski definition) is 4. The molecule has 1 aliphatic heterocycles. The van der Waals surface area contributed by atoms with Crippen LogP contribution in [0.25, 0.3) is 11.1 Å². The van der Waals surface area contributed by atoms with Crippen LogP contribution in [0.3, 0.4) is 0 Å². The quantitative estimate of drug-likeness (QED) is 0.592. The number of halogens is 2. The second-order valence-corrected chi connectivity index (χ2v) is 9.53. The second-order valence-electron chi connectivity index (χ2n) is 6.75. The lowest BCUT2D eigenvalue weighted by Gasteiger charge is -2.30. The first-order chi connectivity index (χ1) is 12.8. The number of piperidine rings is 1. The number of aryl methyl sites for hydroxylation is 1. The molecule has 0 radical (unpaired) electrons. The topological polar surface area (TPSA) is 63.4 Å². The van der Waals surface area contributed by atoms with Gasteiger partial charge in [0.05, 0.1) is 4.90 Å². The summed E-state index contributed by atoms with van der Waals surface area (Å²) in [5.41, 5.74) is 2.11. The highest BCUT2D eigenvalue weighted by Gasteiger charge is 2.32. The first-order valence-electron chi connectivity index (χ1n) is 8.67. The predicted molar refractivity (Wildman–Crippen MR) is 106 cm³/mol. The fourth-order valence-corrected chi connectivity index (χ4v) is 5.55. The van der Waals surface area contributed by atoms with Crippen LogP contribution in [0.15, 0.2) is 45.7 Å². The lowest BCUT2D eigenvalue weighted by Crippen LogP contribution is -2.38. The molecule has 0 unspecified atom stereocenters. The van der Waals surface area contributed by atoms with E-state index in [-0.39, 0.29) is 10.8 Å². The van der Waals surface area contributed by atoms with Crippen molar-refractivity contribution in [2.75, 3.05) is 13.1 Å². The highest BCUT2D eigenvalue weighted by Crippen LogP contribution is 2.33. The van der Waals surface area contributed by atoms with Crippen molar-refractivity contribution >= 4 is 44.3 Å². The van der Waals surface area contributed by atoms with Crippen LogP contribution < -0.4 is 0 Å². The van der Waals surface area contributed by atoms with Crippen molar-refractivity contribution in [3.8, 4) is 0 Å². The number of fused-ring (bicyclic) bond motifs is 1. The van der Waals surface area contributed by atoms with Crippen molar-refractivity contribution in [3.63, 3.8) is 0 Å². The van der Waals surface area contributed by atoms with E-state index in [4.69, 9.17) is 27.6 Å². The molecule has 142 valence electrons. The normalized spacial score (nSPS) is 16.9. The number of sulfonamides is 1. The lowest BCUT2D eigenvalue weighted by molar-refractivity contribution is 0.293. The molecule has 0 N–H and O–H groups in total. The molecular weight excluding hydrogens is 407 g/mol. The maximum Gasteiger partial charge on any atom is 0.243 e. The van der Waals surface area contributed by atoms with E-state index in [2.05, 4.69) is 4.98 Å². The number of aromatic nitrogens is 1. The summed E-state index contributed by atoms with van der Waals surface area (Å²) in [4.78, 5) is 4.80. The van der Waals surface area contributed by atoms with Crippen molar-refractivity contribution in [3.05, 3.63) is 57.9 Å². The fourth-order valence-electron chi connectivity index (χ4n) is 3.43. The molecule has 2 heterocycles. The molecule has 1 saturated heterocycles. The number of rotatable bonds is 3. The highest BCUT2D eigenvalue weighted by molar-refractivity contribution is 7.89. The second kappa shape index (κ2) is 7.09. The number of oxazole rings is 1. The van der Waals surface area contributed by atoms with Gasteiger partial charge in [0, 0.05) is 29.1 Å².